The van der Waals surface area contributed by atoms with Gasteiger partial charge in [0.1, 0.15) is 6.61 Å². The Hall–Kier alpha value is -3.33. The van der Waals surface area contributed by atoms with E-state index in [1.54, 1.807) is 0 Å². The highest BCUT2D eigenvalue weighted by Gasteiger charge is 2.01. The van der Waals surface area contributed by atoms with Crippen molar-refractivity contribution in [3.05, 3.63) is 102 Å². The SMILES string of the molecule is O=C(NCCC=Cc1cccc(-c2ccccc2)c1)OCc1ccccc1. The molecule has 0 radical (unpaired) electrons. The third-order valence-corrected chi connectivity index (χ3v) is 4.10. The van der Waals surface area contributed by atoms with E-state index in [-0.39, 0.29) is 6.61 Å². The average Bonchev–Trinajstić information content (AvgIpc) is 2.74. The van der Waals surface area contributed by atoms with Gasteiger partial charge in [-0.3, -0.25) is 0 Å². The topological polar surface area (TPSA) is 38.3 Å². The van der Waals surface area contributed by atoms with Crippen molar-refractivity contribution in [3.8, 4) is 11.1 Å². The lowest BCUT2D eigenvalue weighted by atomic mass is 10.0. The van der Waals surface area contributed by atoms with Gasteiger partial charge in [0.2, 0.25) is 0 Å². The first-order valence-electron chi connectivity index (χ1n) is 9.08. The van der Waals surface area contributed by atoms with Crippen LogP contribution in [0.15, 0.2) is 91.0 Å². The Morgan fingerprint density at radius 2 is 1.56 bits per heavy atom. The molecule has 3 aromatic rings. The first kappa shape index (κ1) is 18.5. The zero-order chi connectivity index (χ0) is 18.7. The van der Waals surface area contributed by atoms with E-state index < -0.39 is 6.09 Å². The maximum absolute atomic E-state index is 11.7. The number of carbonyl (C=O) groups is 1. The molecule has 0 unspecified atom stereocenters. The van der Waals surface area contributed by atoms with Crippen LogP contribution in [0.1, 0.15) is 17.5 Å². The monoisotopic (exact) mass is 357 g/mol. The second kappa shape index (κ2) is 9.97. The predicted octanol–water partition coefficient (Wildman–Crippen LogP) is 5.68. The molecule has 3 aromatic carbocycles. The van der Waals surface area contributed by atoms with Crippen molar-refractivity contribution < 1.29 is 9.53 Å². The van der Waals surface area contributed by atoms with Crippen molar-refractivity contribution in [2.75, 3.05) is 6.54 Å². The Kier molecular flexibility index (Phi) is 6.82. The van der Waals surface area contributed by atoms with Gasteiger partial charge in [-0.25, -0.2) is 4.79 Å². The summed E-state index contributed by atoms with van der Waals surface area (Å²) in [5.41, 5.74) is 4.52. The van der Waals surface area contributed by atoms with E-state index in [4.69, 9.17) is 4.74 Å². The third kappa shape index (κ3) is 6.15. The zero-order valence-corrected chi connectivity index (χ0v) is 15.2. The minimum atomic E-state index is -0.390. The van der Waals surface area contributed by atoms with Gasteiger partial charge in [0.05, 0.1) is 0 Å². The summed E-state index contributed by atoms with van der Waals surface area (Å²) in [5, 5.41) is 2.76. The molecule has 0 spiro atoms. The van der Waals surface area contributed by atoms with Gasteiger partial charge in [-0.05, 0) is 34.7 Å². The highest BCUT2D eigenvalue weighted by Crippen LogP contribution is 2.20. The Morgan fingerprint density at radius 3 is 2.33 bits per heavy atom. The quantitative estimate of drug-likeness (QED) is 0.552. The van der Waals surface area contributed by atoms with Gasteiger partial charge in [0.25, 0.3) is 0 Å². The lowest BCUT2D eigenvalue weighted by molar-refractivity contribution is 0.140. The minimum absolute atomic E-state index is 0.286. The van der Waals surface area contributed by atoms with E-state index in [1.165, 1.54) is 11.1 Å². The normalized spacial score (nSPS) is 10.7. The van der Waals surface area contributed by atoms with E-state index in [9.17, 15) is 4.79 Å². The van der Waals surface area contributed by atoms with Crippen molar-refractivity contribution in [2.45, 2.75) is 13.0 Å². The molecule has 0 aliphatic carbocycles. The summed E-state index contributed by atoms with van der Waals surface area (Å²) in [7, 11) is 0. The molecule has 27 heavy (non-hydrogen) atoms. The van der Waals surface area contributed by atoms with Crippen molar-refractivity contribution in [2.24, 2.45) is 0 Å². The van der Waals surface area contributed by atoms with Crippen molar-refractivity contribution in [1.82, 2.24) is 5.32 Å². The molecule has 0 heterocycles. The van der Waals surface area contributed by atoms with Crippen LogP contribution in [0.2, 0.25) is 0 Å². The van der Waals surface area contributed by atoms with Crippen molar-refractivity contribution >= 4 is 12.2 Å². The fourth-order valence-electron chi connectivity index (χ4n) is 2.70. The molecule has 3 nitrogen and oxygen atoms in total. The molecule has 0 aliphatic heterocycles. The summed E-state index contributed by atoms with van der Waals surface area (Å²) in [6, 6.07) is 28.4. The van der Waals surface area contributed by atoms with Crippen LogP contribution >= 0.6 is 0 Å². The third-order valence-electron chi connectivity index (χ3n) is 4.10. The predicted molar refractivity (Wildman–Crippen MR) is 110 cm³/mol. The van der Waals surface area contributed by atoms with Crippen LogP contribution in [0.5, 0.6) is 0 Å². The van der Waals surface area contributed by atoms with E-state index in [1.807, 2.05) is 48.5 Å². The Labute approximate surface area is 160 Å². The molecule has 0 aromatic heterocycles. The second-order valence-corrected chi connectivity index (χ2v) is 6.17. The molecule has 0 aliphatic rings. The number of benzene rings is 3. The number of alkyl carbamates (subject to hydrolysis) is 1. The summed E-state index contributed by atoms with van der Waals surface area (Å²) < 4.78 is 5.18. The Balaban J connectivity index is 1.41. The molecule has 136 valence electrons. The van der Waals surface area contributed by atoms with Crippen LogP contribution in [0.4, 0.5) is 4.79 Å². The fraction of sp³-hybridized carbons (Fsp3) is 0.125. The number of amides is 1. The Bertz CT molecular complexity index is 873. The molecule has 0 fully saturated rings. The second-order valence-electron chi connectivity index (χ2n) is 6.17. The van der Waals surface area contributed by atoms with Gasteiger partial charge in [0, 0.05) is 6.54 Å². The maximum Gasteiger partial charge on any atom is 0.407 e. The summed E-state index contributed by atoms with van der Waals surface area (Å²) >= 11 is 0. The van der Waals surface area contributed by atoms with Crippen LogP contribution in [0, 0.1) is 0 Å². The lowest BCUT2D eigenvalue weighted by Gasteiger charge is -2.06. The number of hydrogen-bond donors (Lipinski definition) is 1. The highest BCUT2D eigenvalue weighted by molar-refractivity contribution is 5.68. The number of nitrogens with one attached hydrogen (secondary N) is 1. The van der Waals surface area contributed by atoms with Gasteiger partial charge in [-0.1, -0.05) is 91.0 Å². The molecule has 1 N–H and O–H groups in total. The molecule has 3 heteroatoms. The first-order chi connectivity index (χ1) is 13.3. The van der Waals surface area contributed by atoms with E-state index in [0.717, 1.165) is 17.5 Å². The number of hydrogen-bond acceptors (Lipinski definition) is 2. The molecule has 0 saturated carbocycles. The molecular weight excluding hydrogens is 334 g/mol. The van der Waals surface area contributed by atoms with Gasteiger partial charge in [0.15, 0.2) is 0 Å². The van der Waals surface area contributed by atoms with Gasteiger partial charge in [-0.2, -0.15) is 0 Å². The lowest BCUT2D eigenvalue weighted by Crippen LogP contribution is -2.24. The van der Waals surface area contributed by atoms with Crippen LogP contribution in [0.3, 0.4) is 0 Å². The highest BCUT2D eigenvalue weighted by atomic mass is 16.5. The van der Waals surface area contributed by atoms with Crippen molar-refractivity contribution in [1.29, 1.82) is 0 Å². The Morgan fingerprint density at radius 1 is 0.852 bits per heavy atom. The smallest absolute Gasteiger partial charge is 0.407 e. The summed E-state index contributed by atoms with van der Waals surface area (Å²) in [4.78, 5) is 11.7. The van der Waals surface area contributed by atoms with Crippen LogP contribution in [0.25, 0.3) is 17.2 Å². The first-order valence-corrected chi connectivity index (χ1v) is 9.08. The molecular formula is C24H23NO2. The summed E-state index contributed by atoms with van der Waals surface area (Å²) in [5.74, 6) is 0. The molecule has 3 rings (SSSR count). The summed E-state index contributed by atoms with van der Waals surface area (Å²) in [6.07, 6.45) is 4.49. The number of rotatable bonds is 7. The van der Waals surface area contributed by atoms with Gasteiger partial charge in [-0.15, -0.1) is 0 Å². The summed E-state index contributed by atoms with van der Waals surface area (Å²) in [6.45, 7) is 0.831. The molecule has 0 atom stereocenters. The van der Waals surface area contributed by atoms with Gasteiger partial charge < -0.3 is 10.1 Å². The number of carbonyl (C=O) groups excluding carboxylic acids is 1. The average molecular weight is 357 g/mol. The fourth-order valence-corrected chi connectivity index (χ4v) is 2.70. The maximum atomic E-state index is 11.7. The molecule has 1 amide bonds. The number of ether oxygens (including phenoxy) is 1. The van der Waals surface area contributed by atoms with E-state index in [0.29, 0.717) is 6.54 Å². The largest absolute Gasteiger partial charge is 0.445 e. The van der Waals surface area contributed by atoms with Crippen molar-refractivity contribution in [3.63, 3.8) is 0 Å². The standard InChI is InChI=1S/C24H23NO2/c26-24(27-19-21-11-3-1-4-12-21)25-17-8-7-10-20-13-9-16-23(18-20)22-14-5-2-6-15-22/h1-7,9-16,18H,8,17,19H2,(H,25,26). The van der Waals surface area contributed by atoms with Gasteiger partial charge >= 0.3 is 6.09 Å². The van der Waals surface area contributed by atoms with E-state index in [2.05, 4.69) is 53.9 Å². The van der Waals surface area contributed by atoms with Crippen LogP contribution in [-0.2, 0) is 11.3 Å². The van der Waals surface area contributed by atoms with Crippen LogP contribution in [-0.4, -0.2) is 12.6 Å². The zero-order valence-electron chi connectivity index (χ0n) is 15.2. The van der Waals surface area contributed by atoms with E-state index >= 15 is 0 Å². The minimum Gasteiger partial charge on any atom is -0.445 e. The molecule has 0 saturated heterocycles. The van der Waals surface area contributed by atoms with Crippen LogP contribution < -0.4 is 5.32 Å². The molecule has 0 bridgehead atoms.